The maximum atomic E-state index is 5.78. The van der Waals surface area contributed by atoms with E-state index in [1.165, 1.54) is 32.4 Å². The van der Waals surface area contributed by atoms with E-state index in [-0.39, 0.29) is 0 Å². The van der Waals surface area contributed by atoms with E-state index in [1.54, 1.807) is 6.20 Å². The predicted octanol–water partition coefficient (Wildman–Crippen LogP) is 3.57. The molecular formula is C19H23N5O. The van der Waals surface area contributed by atoms with Gasteiger partial charge < -0.3 is 14.6 Å². The Morgan fingerprint density at radius 3 is 2.84 bits per heavy atom. The minimum absolute atomic E-state index is 0.474. The summed E-state index contributed by atoms with van der Waals surface area (Å²) in [5, 5.41) is 13.7. The van der Waals surface area contributed by atoms with E-state index in [0.717, 1.165) is 35.8 Å². The number of likely N-dealkylation sites (tertiary alicyclic amines) is 1. The van der Waals surface area contributed by atoms with Gasteiger partial charge in [0.15, 0.2) is 0 Å². The Balaban J connectivity index is 1.37. The second-order valence-corrected chi connectivity index (χ2v) is 6.50. The summed E-state index contributed by atoms with van der Waals surface area (Å²) >= 11 is 0. The topological polar surface area (TPSA) is 67.1 Å². The SMILES string of the molecule is c1ccc2c(-c3nnc(NCCCN4CCCCC4)o3)cncc2c1. The summed E-state index contributed by atoms with van der Waals surface area (Å²) in [6.07, 6.45) is 8.74. The quantitative estimate of drug-likeness (QED) is 0.694. The van der Waals surface area contributed by atoms with Crippen LogP contribution in [0.15, 0.2) is 41.1 Å². The molecule has 3 heterocycles. The number of hydrogen-bond acceptors (Lipinski definition) is 6. The van der Waals surface area contributed by atoms with Crippen molar-refractivity contribution in [3.63, 3.8) is 0 Å². The lowest BCUT2D eigenvalue weighted by Crippen LogP contribution is -2.31. The summed E-state index contributed by atoms with van der Waals surface area (Å²) in [4.78, 5) is 6.81. The van der Waals surface area contributed by atoms with Gasteiger partial charge in [-0.25, -0.2) is 0 Å². The molecule has 25 heavy (non-hydrogen) atoms. The number of nitrogens with zero attached hydrogens (tertiary/aromatic N) is 4. The molecule has 3 aromatic rings. The molecule has 0 atom stereocenters. The highest BCUT2D eigenvalue weighted by atomic mass is 16.4. The largest absolute Gasteiger partial charge is 0.403 e. The van der Waals surface area contributed by atoms with Gasteiger partial charge in [0.2, 0.25) is 0 Å². The van der Waals surface area contributed by atoms with Gasteiger partial charge in [-0.15, -0.1) is 5.10 Å². The van der Waals surface area contributed by atoms with E-state index in [4.69, 9.17) is 4.42 Å². The van der Waals surface area contributed by atoms with E-state index >= 15 is 0 Å². The van der Waals surface area contributed by atoms with Gasteiger partial charge in [-0.3, -0.25) is 4.98 Å². The van der Waals surface area contributed by atoms with E-state index < -0.39 is 0 Å². The molecule has 0 spiro atoms. The number of piperidine rings is 1. The molecule has 1 fully saturated rings. The highest BCUT2D eigenvalue weighted by Crippen LogP contribution is 2.27. The fraction of sp³-hybridized carbons (Fsp3) is 0.421. The second-order valence-electron chi connectivity index (χ2n) is 6.50. The molecule has 2 aromatic heterocycles. The Bertz CT molecular complexity index is 820. The summed E-state index contributed by atoms with van der Waals surface area (Å²) in [6.45, 7) is 4.44. The number of anilines is 1. The van der Waals surface area contributed by atoms with Gasteiger partial charge in [0.1, 0.15) is 0 Å². The van der Waals surface area contributed by atoms with Crippen molar-refractivity contribution in [2.45, 2.75) is 25.7 Å². The molecule has 0 amide bonds. The van der Waals surface area contributed by atoms with Gasteiger partial charge in [0.25, 0.3) is 5.89 Å². The van der Waals surface area contributed by atoms with E-state index in [9.17, 15) is 0 Å². The summed E-state index contributed by atoms with van der Waals surface area (Å²) < 4.78 is 5.78. The summed E-state index contributed by atoms with van der Waals surface area (Å²) in [5.74, 6) is 0.503. The molecule has 1 aromatic carbocycles. The predicted molar refractivity (Wildman–Crippen MR) is 98.4 cm³/mol. The van der Waals surface area contributed by atoms with Crippen molar-refractivity contribution < 1.29 is 4.42 Å². The van der Waals surface area contributed by atoms with Crippen LogP contribution in [-0.4, -0.2) is 46.3 Å². The zero-order valence-electron chi connectivity index (χ0n) is 14.3. The molecule has 0 aliphatic carbocycles. The van der Waals surface area contributed by atoms with Gasteiger partial charge in [-0.1, -0.05) is 35.8 Å². The average Bonchev–Trinajstić information content (AvgIpc) is 3.14. The first kappa shape index (κ1) is 16.0. The van der Waals surface area contributed by atoms with Crippen LogP contribution in [0.1, 0.15) is 25.7 Å². The van der Waals surface area contributed by atoms with Crippen molar-refractivity contribution >= 4 is 16.8 Å². The number of nitrogens with one attached hydrogen (secondary N) is 1. The first-order valence-corrected chi connectivity index (χ1v) is 9.03. The molecule has 6 heteroatoms. The third kappa shape index (κ3) is 3.79. The van der Waals surface area contributed by atoms with E-state index in [0.29, 0.717) is 11.9 Å². The lowest BCUT2D eigenvalue weighted by molar-refractivity contribution is 0.228. The number of aromatic nitrogens is 3. The van der Waals surface area contributed by atoms with Gasteiger partial charge >= 0.3 is 6.01 Å². The lowest BCUT2D eigenvalue weighted by atomic mass is 10.1. The number of fused-ring (bicyclic) bond motifs is 1. The zero-order valence-corrected chi connectivity index (χ0v) is 14.3. The van der Waals surface area contributed by atoms with Crippen LogP contribution in [0.5, 0.6) is 0 Å². The summed E-state index contributed by atoms with van der Waals surface area (Å²) in [7, 11) is 0. The van der Waals surface area contributed by atoms with Crippen molar-refractivity contribution in [3.05, 3.63) is 36.7 Å². The van der Waals surface area contributed by atoms with E-state index in [2.05, 4.69) is 25.4 Å². The molecule has 4 rings (SSSR count). The average molecular weight is 337 g/mol. The number of benzene rings is 1. The van der Waals surface area contributed by atoms with Crippen LogP contribution in [0.2, 0.25) is 0 Å². The smallest absolute Gasteiger partial charge is 0.315 e. The molecule has 1 aliphatic heterocycles. The third-order valence-electron chi connectivity index (χ3n) is 4.70. The minimum atomic E-state index is 0.474. The molecule has 0 bridgehead atoms. The van der Waals surface area contributed by atoms with Crippen LogP contribution in [0.25, 0.3) is 22.2 Å². The summed E-state index contributed by atoms with van der Waals surface area (Å²) in [5.41, 5.74) is 0.868. The van der Waals surface area contributed by atoms with Crippen LogP contribution in [0.3, 0.4) is 0 Å². The minimum Gasteiger partial charge on any atom is -0.403 e. The van der Waals surface area contributed by atoms with Crippen molar-refractivity contribution in [2.24, 2.45) is 0 Å². The van der Waals surface area contributed by atoms with Crippen LogP contribution >= 0.6 is 0 Å². The maximum Gasteiger partial charge on any atom is 0.315 e. The third-order valence-corrected chi connectivity index (χ3v) is 4.70. The Morgan fingerprint density at radius 2 is 1.92 bits per heavy atom. The Morgan fingerprint density at radius 1 is 1.04 bits per heavy atom. The second kappa shape index (κ2) is 7.61. The van der Waals surface area contributed by atoms with Crippen molar-refractivity contribution in [1.82, 2.24) is 20.1 Å². The molecular weight excluding hydrogens is 314 g/mol. The number of pyridine rings is 1. The molecule has 1 aliphatic rings. The Labute approximate surface area is 147 Å². The van der Waals surface area contributed by atoms with Crippen molar-refractivity contribution in [1.29, 1.82) is 0 Å². The lowest BCUT2D eigenvalue weighted by Gasteiger charge is -2.26. The zero-order chi connectivity index (χ0) is 16.9. The highest BCUT2D eigenvalue weighted by Gasteiger charge is 2.12. The number of rotatable bonds is 6. The normalized spacial score (nSPS) is 15.5. The molecule has 0 saturated carbocycles. The van der Waals surface area contributed by atoms with E-state index in [1.807, 2.05) is 30.5 Å². The Hall–Kier alpha value is -2.47. The number of hydrogen-bond donors (Lipinski definition) is 1. The van der Waals surface area contributed by atoms with Gasteiger partial charge in [0, 0.05) is 24.3 Å². The van der Waals surface area contributed by atoms with Crippen molar-refractivity contribution in [2.75, 3.05) is 31.5 Å². The molecule has 6 nitrogen and oxygen atoms in total. The monoisotopic (exact) mass is 337 g/mol. The highest BCUT2D eigenvalue weighted by molar-refractivity contribution is 5.93. The Kier molecular flexibility index (Phi) is 4.88. The fourth-order valence-electron chi connectivity index (χ4n) is 3.37. The summed E-state index contributed by atoms with van der Waals surface area (Å²) in [6, 6.07) is 8.55. The van der Waals surface area contributed by atoms with Crippen LogP contribution in [0, 0.1) is 0 Å². The van der Waals surface area contributed by atoms with Crippen LogP contribution < -0.4 is 5.32 Å². The molecule has 0 radical (unpaired) electrons. The van der Waals surface area contributed by atoms with Gasteiger partial charge in [-0.05, 0) is 44.3 Å². The molecule has 1 saturated heterocycles. The van der Waals surface area contributed by atoms with Gasteiger partial charge in [0.05, 0.1) is 5.56 Å². The standard InChI is InChI=1S/C19H23N5O/c1-4-10-24(11-5-1)12-6-9-21-19-23-22-18(25-19)17-14-20-13-15-7-2-3-8-16(15)17/h2-3,7-8,13-14H,1,4-6,9-12H2,(H,21,23). The van der Waals surface area contributed by atoms with Gasteiger partial charge in [-0.2, -0.15) is 0 Å². The van der Waals surface area contributed by atoms with Crippen LogP contribution in [0.4, 0.5) is 6.01 Å². The van der Waals surface area contributed by atoms with Crippen molar-refractivity contribution in [3.8, 4) is 11.5 Å². The first-order valence-electron chi connectivity index (χ1n) is 9.03. The maximum absolute atomic E-state index is 5.78. The molecule has 130 valence electrons. The fourth-order valence-corrected chi connectivity index (χ4v) is 3.37. The molecule has 0 unspecified atom stereocenters. The van der Waals surface area contributed by atoms with Crippen LogP contribution in [-0.2, 0) is 0 Å². The first-order chi connectivity index (χ1) is 12.4. The molecule has 1 N–H and O–H groups in total.